The van der Waals surface area contributed by atoms with E-state index < -0.39 is 11.8 Å². The van der Waals surface area contributed by atoms with E-state index in [1.54, 1.807) is 0 Å². The second kappa shape index (κ2) is 7.56. The van der Waals surface area contributed by atoms with Crippen LogP contribution >= 0.6 is 11.3 Å². The Morgan fingerprint density at radius 1 is 1.25 bits per heavy atom. The van der Waals surface area contributed by atoms with Gasteiger partial charge in [-0.2, -0.15) is 13.9 Å². The topological polar surface area (TPSA) is 95.2 Å². The van der Waals surface area contributed by atoms with Crippen LogP contribution in [0.3, 0.4) is 0 Å². The molecule has 3 N–H and O–H groups in total. The number of rotatable bonds is 6. The molecule has 146 valence electrons. The lowest BCUT2D eigenvalue weighted by atomic mass is 10.1. The van der Waals surface area contributed by atoms with Crippen molar-refractivity contribution in [2.24, 2.45) is 5.73 Å². The Bertz CT molecular complexity index is 1100. The molecule has 0 radical (unpaired) electrons. The number of H-pyrrole nitrogens is 1. The van der Waals surface area contributed by atoms with Crippen LogP contribution in [0.5, 0.6) is 11.5 Å². The standard InChI is InChI=1S/C18H16F2N4O3S/c19-17(20)11(6-21)5-16-22-23-18(25)24(16)7-13-3-12(8-28-13)10-1-2-14-15(4-10)27-9-26-14/h1-4,8H,5-7,9,21H2,(H,23,25). The fourth-order valence-corrected chi connectivity index (χ4v) is 3.78. The summed E-state index contributed by atoms with van der Waals surface area (Å²) in [5.74, 6) is 1.61. The van der Waals surface area contributed by atoms with Crippen LogP contribution < -0.4 is 20.9 Å². The number of aromatic amines is 1. The number of nitrogens with two attached hydrogens (primary N) is 1. The van der Waals surface area contributed by atoms with Gasteiger partial charge in [-0.25, -0.2) is 9.89 Å². The van der Waals surface area contributed by atoms with Crippen molar-refractivity contribution < 1.29 is 18.3 Å². The Balaban J connectivity index is 1.57. The zero-order valence-corrected chi connectivity index (χ0v) is 15.4. The van der Waals surface area contributed by atoms with E-state index in [9.17, 15) is 13.6 Å². The van der Waals surface area contributed by atoms with Gasteiger partial charge in [-0.1, -0.05) is 6.07 Å². The van der Waals surface area contributed by atoms with E-state index in [1.807, 2.05) is 29.6 Å². The molecular weight excluding hydrogens is 390 g/mol. The predicted octanol–water partition coefficient (Wildman–Crippen LogP) is 2.73. The van der Waals surface area contributed by atoms with E-state index in [1.165, 1.54) is 15.9 Å². The zero-order chi connectivity index (χ0) is 19.7. The van der Waals surface area contributed by atoms with Gasteiger partial charge < -0.3 is 15.2 Å². The average Bonchev–Trinajstić information content (AvgIpc) is 3.41. The van der Waals surface area contributed by atoms with Gasteiger partial charge in [-0.3, -0.25) is 4.57 Å². The van der Waals surface area contributed by atoms with Gasteiger partial charge in [-0.05, 0) is 34.7 Å². The molecule has 0 aliphatic carbocycles. The summed E-state index contributed by atoms with van der Waals surface area (Å²) in [7, 11) is 0. The average molecular weight is 406 g/mol. The quantitative estimate of drug-likeness (QED) is 0.656. The van der Waals surface area contributed by atoms with E-state index in [-0.39, 0.29) is 37.7 Å². The highest BCUT2D eigenvalue weighted by Gasteiger charge is 2.16. The lowest BCUT2D eigenvalue weighted by molar-refractivity contribution is 0.174. The number of halogens is 2. The maximum atomic E-state index is 12.9. The fraction of sp³-hybridized carbons (Fsp3) is 0.222. The Morgan fingerprint density at radius 2 is 2.07 bits per heavy atom. The first-order chi connectivity index (χ1) is 13.5. The van der Waals surface area contributed by atoms with Crippen LogP contribution in [0.15, 0.2) is 46.1 Å². The zero-order valence-electron chi connectivity index (χ0n) is 14.6. The number of hydrogen-bond acceptors (Lipinski definition) is 6. The first-order valence-electron chi connectivity index (χ1n) is 8.39. The first kappa shape index (κ1) is 18.4. The van der Waals surface area contributed by atoms with Gasteiger partial charge in [0.25, 0.3) is 6.08 Å². The summed E-state index contributed by atoms with van der Waals surface area (Å²) >= 11 is 1.47. The Kier molecular flexibility index (Phi) is 4.97. The molecular formula is C18H16F2N4O3S. The highest BCUT2D eigenvalue weighted by atomic mass is 32.1. The van der Waals surface area contributed by atoms with Crippen LogP contribution in [0, 0.1) is 0 Å². The molecule has 0 saturated carbocycles. The third-order valence-corrected chi connectivity index (χ3v) is 5.32. The van der Waals surface area contributed by atoms with E-state index in [4.69, 9.17) is 15.2 Å². The molecule has 0 amide bonds. The summed E-state index contributed by atoms with van der Waals surface area (Å²) in [5, 5.41) is 8.14. The van der Waals surface area contributed by atoms with Gasteiger partial charge in [0.1, 0.15) is 5.82 Å². The molecule has 0 saturated heterocycles. The molecule has 10 heteroatoms. The molecule has 0 unspecified atom stereocenters. The molecule has 3 aromatic rings. The van der Waals surface area contributed by atoms with E-state index in [2.05, 4.69) is 10.2 Å². The van der Waals surface area contributed by atoms with Crippen molar-refractivity contribution in [2.75, 3.05) is 13.3 Å². The highest BCUT2D eigenvalue weighted by molar-refractivity contribution is 7.10. The lowest BCUT2D eigenvalue weighted by Gasteiger charge is -2.05. The minimum atomic E-state index is -1.84. The van der Waals surface area contributed by atoms with E-state index >= 15 is 0 Å². The number of hydrogen-bond donors (Lipinski definition) is 2. The lowest BCUT2D eigenvalue weighted by Crippen LogP contribution is -2.20. The number of nitrogens with zero attached hydrogens (tertiary/aromatic N) is 2. The SMILES string of the molecule is NCC(Cc1n[nH]c(=O)n1Cc1cc(-c2ccc3c(c2)OCO3)cs1)=C(F)F. The summed E-state index contributed by atoms with van der Waals surface area (Å²) < 4.78 is 37.8. The summed E-state index contributed by atoms with van der Waals surface area (Å²) in [5.41, 5.74) is 6.58. The van der Waals surface area contributed by atoms with Crippen LogP contribution in [-0.4, -0.2) is 28.1 Å². The number of ether oxygens (including phenoxy) is 2. The number of aromatic nitrogens is 3. The molecule has 0 atom stereocenters. The minimum Gasteiger partial charge on any atom is -0.454 e. The van der Waals surface area contributed by atoms with Gasteiger partial charge in [-0.15, -0.1) is 11.3 Å². The number of fused-ring (bicyclic) bond motifs is 1. The van der Waals surface area contributed by atoms with Crippen molar-refractivity contribution in [3.8, 4) is 22.6 Å². The Hall–Kier alpha value is -2.98. The van der Waals surface area contributed by atoms with E-state index in [0.717, 1.165) is 16.0 Å². The normalized spacial score (nSPS) is 12.4. The maximum absolute atomic E-state index is 12.9. The van der Waals surface area contributed by atoms with Gasteiger partial charge in [0.2, 0.25) is 6.79 Å². The monoisotopic (exact) mass is 406 g/mol. The van der Waals surface area contributed by atoms with Crippen molar-refractivity contribution in [1.82, 2.24) is 14.8 Å². The second-order valence-electron chi connectivity index (χ2n) is 6.15. The molecule has 28 heavy (non-hydrogen) atoms. The number of thiophene rings is 1. The molecule has 4 rings (SSSR count). The van der Waals surface area contributed by atoms with Crippen molar-refractivity contribution in [2.45, 2.75) is 13.0 Å². The molecule has 1 aliphatic rings. The fourth-order valence-electron chi connectivity index (χ4n) is 2.90. The molecule has 7 nitrogen and oxygen atoms in total. The van der Waals surface area contributed by atoms with Crippen molar-refractivity contribution >= 4 is 11.3 Å². The Labute approximate surface area is 162 Å². The molecule has 1 aliphatic heterocycles. The van der Waals surface area contributed by atoms with Gasteiger partial charge in [0, 0.05) is 23.4 Å². The molecule has 3 heterocycles. The smallest absolute Gasteiger partial charge is 0.343 e. The van der Waals surface area contributed by atoms with Crippen LogP contribution in [0.2, 0.25) is 0 Å². The highest BCUT2D eigenvalue weighted by Crippen LogP contribution is 2.37. The van der Waals surface area contributed by atoms with Crippen molar-refractivity contribution in [3.05, 3.63) is 62.5 Å². The summed E-state index contributed by atoms with van der Waals surface area (Å²) in [6.45, 7) is 0.140. The van der Waals surface area contributed by atoms with Crippen molar-refractivity contribution in [3.63, 3.8) is 0 Å². The van der Waals surface area contributed by atoms with E-state index in [0.29, 0.717) is 11.5 Å². The van der Waals surface area contributed by atoms with Gasteiger partial charge in [0.05, 0.1) is 6.54 Å². The summed E-state index contributed by atoms with van der Waals surface area (Å²) in [6, 6.07) is 7.61. The maximum Gasteiger partial charge on any atom is 0.343 e. The summed E-state index contributed by atoms with van der Waals surface area (Å²) in [4.78, 5) is 13.0. The molecule has 1 aromatic carbocycles. The van der Waals surface area contributed by atoms with Gasteiger partial charge in [0.15, 0.2) is 11.5 Å². The molecule has 0 bridgehead atoms. The van der Waals surface area contributed by atoms with Crippen LogP contribution in [0.4, 0.5) is 8.78 Å². The number of benzene rings is 1. The first-order valence-corrected chi connectivity index (χ1v) is 9.27. The largest absolute Gasteiger partial charge is 0.454 e. The molecule has 2 aromatic heterocycles. The van der Waals surface area contributed by atoms with Crippen LogP contribution in [0.1, 0.15) is 10.7 Å². The molecule has 0 fully saturated rings. The van der Waals surface area contributed by atoms with Crippen LogP contribution in [0.25, 0.3) is 11.1 Å². The molecule has 0 spiro atoms. The third-order valence-electron chi connectivity index (χ3n) is 4.40. The minimum absolute atomic E-state index is 0.183. The van der Waals surface area contributed by atoms with Crippen LogP contribution in [-0.2, 0) is 13.0 Å². The van der Waals surface area contributed by atoms with Gasteiger partial charge >= 0.3 is 5.69 Å². The van der Waals surface area contributed by atoms with Crippen molar-refractivity contribution in [1.29, 1.82) is 0 Å². The summed E-state index contributed by atoms with van der Waals surface area (Å²) in [6.07, 6.45) is -2.02. The Morgan fingerprint density at radius 3 is 2.86 bits per heavy atom. The number of nitrogens with one attached hydrogen (secondary N) is 1. The third kappa shape index (κ3) is 3.56. The second-order valence-corrected chi connectivity index (χ2v) is 7.14. The predicted molar refractivity (Wildman–Crippen MR) is 99.8 cm³/mol.